The maximum Gasteiger partial charge on any atom is 0.173 e. The van der Waals surface area contributed by atoms with E-state index in [1.54, 1.807) is 0 Å². The van der Waals surface area contributed by atoms with Crippen LogP contribution in [0.5, 0.6) is 0 Å². The first kappa shape index (κ1) is 15.1. The molecule has 2 aromatic rings. The first-order valence-corrected chi connectivity index (χ1v) is 7.14. The predicted molar refractivity (Wildman–Crippen MR) is 80.6 cm³/mol. The minimum Gasteiger partial charge on any atom is -0.324 e. The second-order valence-electron chi connectivity index (χ2n) is 4.99. The molecule has 0 radical (unpaired) electrons. The van der Waals surface area contributed by atoms with Gasteiger partial charge in [0.05, 0.1) is 4.47 Å². The van der Waals surface area contributed by atoms with Gasteiger partial charge in [-0.3, -0.25) is 0 Å². The standard InChI is InChI=1S/C16H16BrF2N/c1-9-3-4-11(7-10(9)2)8-14(20)12-5-6-13(18)16(19)15(12)17/h3-7,14H,8,20H2,1-2H3. The topological polar surface area (TPSA) is 26.0 Å². The molecule has 1 atom stereocenters. The number of hydrogen-bond acceptors (Lipinski definition) is 1. The molecule has 0 saturated carbocycles. The van der Waals surface area contributed by atoms with E-state index in [2.05, 4.69) is 22.0 Å². The second kappa shape index (κ2) is 6.02. The van der Waals surface area contributed by atoms with E-state index in [0.717, 1.165) is 11.6 Å². The van der Waals surface area contributed by atoms with E-state index >= 15 is 0 Å². The molecule has 1 unspecified atom stereocenters. The van der Waals surface area contributed by atoms with Crippen molar-refractivity contribution in [1.82, 2.24) is 0 Å². The maximum absolute atomic E-state index is 13.5. The van der Waals surface area contributed by atoms with Crippen LogP contribution in [0.25, 0.3) is 0 Å². The van der Waals surface area contributed by atoms with Crippen LogP contribution < -0.4 is 5.73 Å². The minimum absolute atomic E-state index is 0.105. The van der Waals surface area contributed by atoms with Gasteiger partial charge in [-0.2, -0.15) is 0 Å². The van der Waals surface area contributed by atoms with Crippen molar-refractivity contribution in [3.63, 3.8) is 0 Å². The van der Waals surface area contributed by atoms with Gasteiger partial charge in [0.25, 0.3) is 0 Å². The van der Waals surface area contributed by atoms with Crippen LogP contribution in [0.2, 0.25) is 0 Å². The Labute approximate surface area is 125 Å². The molecule has 20 heavy (non-hydrogen) atoms. The first-order valence-electron chi connectivity index (χ1n) is 6.35. The molecule has 2 N–H and O–H groups in total. The molecule has 0 fully saturated rings. The summed E-state index contributed by atoms with van der Waals surface area (Å²) in [7, 11) is 0. The van der Waals surface area contributed by atoms with Gasteiger partial charge in [0.2, 0.25) is 0 Å². The Hall–Kier alpha value is -1.26. The van der Waals surface area contributed by atoms with E-state index in [4.69, 9.17) is 5.73 Å². The van der Waals surface area contributed by atoms with Gasteiger partial charge in [0, 0.05) is 6.04 Å². The quantitative estimate of drug-likeness (QED) is 0.813. The van der Waals surface area contributed by atoms with E-state index in [-0.39, 0.29) is 10.5 Å². The minimum atomic E-state index is -0.891. The Morgan fingerprint density at radius 2 is 1.80 bits per heavy atom. The molecule has 0 saturated heterocycles. The van der Waals surface area contributed by atoms with Crippen molar-refractivity contribution in [3.05, 3.63) is 68.7 Å². The van der Waals surface area contributed by atoms with Crippen LogP contribution in [0.1, 0.15) is 28.3 Å². The smallest absolute Gasteiger partial charge is 0.173 e. The normalized spacial score (nSPS) is 12.5. The monoisotopic (exact) mass is 339 g/mol. The van der Waals surface area contributed by atoms with Crippen molar-refractivity contribution < 1.29 is 8.78 Å². The summed E-state index contributed by atoms with van der Waals surface area (Å²) in [6, 6.07) is 8.36. The van der Waals surface area contributed by atoms with E-state index in [9.17, 15) is 8.78 Å². The average molecular weight is 340 g/mol. The molecule has 0 spiro atoms. The lowest BCUT2D eigenvalue weighted by molar-refractivity contribution is 0.500. The van der Waals surface area contributed by atoms with Gasteiger partial charge in [0.1, 0.15) is 0 Å². The summed E-state index contributed by atoms with van der Waals surface area (Å²) in [5.74, 6) is -1.77. The molecule has 0 aromatic heterocycles. The Kier molecular flexibility index (Phi) is 4.55. The van der Waals surface area contributed by atoms with Crippen molar-refractivity contribution in [2.24, 2.45) is 5.73 Å². The van der Waals surface area contributed by atoms with Crippen molar-refractivity contribution in [3.8, 4) is 0 Å². The molecule has 0 amide bonds. The number of halogens is 3. The number of benzene rings is 2. The van der Waals surface area contributed by atoms with Gasteiger partial charge < -0.3 is 5.73 Å². The van der Waals surface area contributed by atoms with E-state index in [1.165, 1.54) is 17.2 Å². The second-order valence-corrected chi connectivity index (χ2v) is 5.79. The summed E-state index contributed by atoms with van der Waals surface area (Å²) in [5.41, 5.74) is 10.2. The summed E-state index contributed by atoms with van der Waals surface area (Å²) >= 11 is 3.08. The molecule has 2 aromatic carbocycles. The summed E-state index contributed by atoms with van der Waals surface area (Å²) in [6.45, 7) is 4.09. The van der Waals surface area contributed by atoms with Gasteiger partial charge in [0.15, 0.2) is 11.6 Å². The van der Waals surface area contributed by atoms with Crippen LogP contribution in [-0.2, 0) is 6.42 Å². The SMILES string of the molecule is Cc1ccc(CC(N)c2ccc(F)c(F)c2Br)cc1C. The number of nitrogens with two attached hydrogens (primary N) is 1. The highest BCUT2D eigenvalue weighted by Gasteiger charge is 2.16. The highest BCUT2D eigenvalue weighted by Crippen LogP contribution is 2.28. The molecule has 106 valence electrons. The average Bonchev–Trinajstić information content (AvgIpc) is 2.40. The summed E-state index contributed by atoms with van der Waals surface area (Å²) < 4.78 is 26.7. The number of aryl methyl sites for hydroxylation is 2. The van der Waals surface area contributed by atoms with Crippen molar-refractivity contribution in [2.45, 2.75) is 26.3 Å². The third-order valence-electron chi connectivity index (χ3n) is 3.49. The third kappa shape index (κ3) is 3.07. The Morgan fingerprint density at radius 1 is 1.10 bits per heavy atom. The lowest BCUT2D eigenvalue weighted by Gasteiger charge is -2.15. The maximum atomic E-state index is 13.5. The van der Waals surface area contributed by atoms with Crippen LogP contribution in [-0.4, -0.2) is 0 Å². The van der Waals surface area contributed by atoms with Gasteiger partial charge in [-0.05, 0) is 64.5 Å². The van der Waals surface area contributed by atoms with E-state index in [0.29, 0.717) is 12.0 Å². The zero-order valence-electron chi connectivity index (χ0n) is 11.4. The Bertz CT molecular complexity index is 641. The molecule has 2 rings (SSSR count). The fraction of sp³-hybridized carbons (Fsp3) is 0.250. The van der Waals surface area contributed by atoms with Crippen molar-refractivity contribution in [1.29, 1.82) is 0 Å². The Morgan fingerprint density at radius 3 is 2.45 bits per heavy atom. The lowest BCUT2D eigenvalue weighted by Crippen LogP contribution is -2.15. The fourth-order valence-corrected chi connectivity index (χ4v) is 2.74. The molecular weight excluding hydrogens is 324 g/mol. The van der Waals surface area contributed by atoms with Crippen LogP contribution in [0, 0.1) is 25.5 Å². The zero-order valence-corrected chi connectivity index (χ0v) is 13.0. The summed E-state index contributed by atoms with van der Waals surface area (Å²) in [6.07, 6.45) is 0.574. The highest BCUT2D eigenvalue weighted by atomic mass is 79.9. The van der Waals surface area contributed by atoms with Gasteiger partial charge in [-0.1, -0.05) is 24.3 Å². The van der Waals surface area contributed by atoms with E-state index < -0.39 is 11.6 Å². The summed E-state index contributed by atoms with van der Waals surface area (Å²) in [4.78, 5) is 0. The number of rotatable bonds is 3. The van der Waals surface area contributed by atoms with Crippen molar-refractivity contribution in [2.75, 3.05) is 0 Å². The zero-order chi connectivity index (χ0) is 14.9. The molecule has 0 aliphatic rings. The molecule has 0 aliphatic carbocycles. The predicted octanol–water partition coefficient (Wildman–Crippen LogP) is 4.59. The van der Waals surface area contributed by atoms with Crippen LogP contribution in [0.3, 0.4) is 0 Å². The van der Waals surface area contributed by atoms with Crippen LogP contribution >= 0.6 is 15.9 Å². The van der Waals surface area contributed by atoms with Gasteiger partial charge in [-0.15, -0.1) is 0 Å². The molecule has 0 heterocycles. The highest BCUT2D eigenvalue weighted by molar-refractivity contribution is 9.10. The third-order valence-corrected chi connectivity index (χ3v) is 4.30. The first-order chi connectivity index (χ1) is 9.40. The lowest BCUT2D eigenvalue weighted by atomic mass is 9.97. The molecule has 1 nitrogen and oxygen atoms in total. The van der Waals surface area contributed by atoms with Crippen molar-refractivity contribution >= 4 is 15.9 Å². The van der Waals surface area contributed by atoms with Crippen LogP contribution in [0.15, 0.2) is 34.8 Å². The molecular formula is C16H16BrF2N. The number of hydrogen-bond donors (Lipinski definition) is 1. The van der Waals surface area contributed by atoms with Gasteiger partial charge in [-0.25, -0.2) is 8.78 Å². The van der Waals surface area contributed by atoms with Crippen LogP contribution in [0.4, 0.5) is 8.78 Å². The largest absolute Gasteiger partial charge is 0.324 e. The molecule has 4 heteroatoms. The Balaban J connectivity index is 2.26. The van der Waals surface area contributed by atoms with E-state index in [1.807, 2.05) is 26.0 Å². The molecule has 0 bridgehead atoms. The molecule has 0 aliphatic heterocycles. The fourth-order valence-electron chi connectivity index (χ4n) is 2.12. The summed E-state index contributed by atoms with van der Waals surface area (Å²) in [5, 5.41) is 0. The van der Waals surface area contributed by atoms with Gasteiger partial charge >= 0.3 is 0 Å².